The summed E-state index contributed by atoms with van der Waals surface area (Å²) < 4.78 is 0. The van der Waals surface area contributed by atoms with Crippen LogP contribution in [0.3, 0.4) is 0 Å². The van der Waals surface area contributed by atoms with Gasteiger partial charge in [-0.1, -0.05) is 30.4 Å². The number of anilines is 2. The quantitative estimate of drug-likeness (QED) is 0.527. The molecule has 2 aliphatic carbocycles. The Bertz CT molecular complexity index is 1250. The summed E-state index contributed by atoms with van der Waals surface area (Å²) in [6.07, 6.45) is 6.75. The van der Waals surface area contributed by atoms with Gasteiger partial charge >= 0.3 is 0 Å². The first-order valence-electron chi connectivity index (χ1n) is 10.4. The number of allylic oxidation sites excluding steroid dienone is 2. The van der Waals surface area contributed by atoms with Crippen LogP contribution in [0.1, 0.15) is 16.8 Å². The van der Waals surface area contributed by atoms with Gasteiger partial charge in [-0.25, -0.2) is 0 Å². The van der Waals surface area contributed by atoms with Crippen molar-refractivity contribution >= 4 is 40.0 Å². The van der Waals surface area contributed by atoms with Crippen LogP contribution in [-0.4, -0.2) is 22.7 Å². The van der Waals surface area contributed by atoms with E-state index in [-0.39, 0.29) is 41.4 Å². The number of imide groups is 1. The second-order valence-electron chi connectivity index (χ2n) is 8.39. The largest absolute Gasteiger partial charge is 0.320 e. The first-order chi connectivity index (χ1) is 15.1. The Morgan fingerprint density at radius 3 is 2.29 bits per heavy atom. The predicted octanol–water partition coefficient (Wildman–Crippen LogP) is 3.80. The highest BCUT2D eigenvalue weighted by Gasteiger charge is 2.59. The fraction of sp³-hybridized carbons (Fsp3) is 0.200. The number of nitrogens with zero attached hydrogens (tertiary/aromatic N) is 2. The van der Waals surface area contributed by atoms with Gasteiger partial charge < -0.3 is 5.32 Å². The maximum absolute atomic E-state index is 13.0. The number of carbonyl (C=O) groups excluding carboxylic acids is 3. The zero-order valence-electron chi connectivity index (χ0n) is 16.6. The summed E-state index contributed by atoms with van der Waals surface area (Å²) in [7, 11) is 0. The Balaban J connectivity index is 1.24. The van der Waals surface area contributed by atoms with E-state index >= 15 is 0 Å². The van der Waals surface area contributed by atoms with E-state index in [1.807, 2.05) is 30.3 Å². The number of hydrogen-bond donors (Lipinski definition) is 1. The molecule has 6 heteroatoms. The monoisotopic (exact) mass is 409 g/mol. The second kappa shape index (κ2) is 6.60. The minimum atomic E-state index is -0.275. The minimum Gasteiger partial charge on any atom is -0.320 e. The van der Waals surface area contributed by atoms with E-state index in [9.17, 15) is 14.4 Å². The molecule has 0 radical (unpaired) electrons. The molecule has 2 heterocycles. The molecule has 3 aromatic rings. The maximum atomic E-state index is 13.0. The van der Waals surface area contributed by atoms with E-state index in [4.69, 9.17) is 0 Å². The molecular weight excluding hydrogens is 390 g/mol. The highest BCUT2D eigenvalue weighted by Crippen LogP contribution is 2.53. The molecule has 1 aliphatic heterocycles. The lowest BCUT2D eigenvalue weighted by Crippen LogP contribution is -2.32. The van der Waals surface area contributed by atoms with E-state index in [0.717, 1.165) is 17.3 Å². The van der Waals surface area contributed by atoms with Gasteiger partial charge in [0.05, 0.1) is 28.7 Å². The summed E-state index contributed by atoms with van der Waals surface area (Å²) in [6.45, 7) is 0. The van der Waals surface area contributed by atoms with Crippen LogP contribution in [0.15, 0.2) is 72.9 Å². The van der Waals surface area contributed by atoms with Crippen LogP contribution in [0.25, 0.3) is 10.9 Å². The molecule has 2 aromatic carbocycles. The van der Waals surface area contributed by atoms with Crippen LogP contribution in [0, 0.1) is 23.7 Å². The maximum Gasteiger partial charge on any atom is 0.255 e. The molecule has 3 aliphatic rings. The van der Waals surface area contributed by atoms with Gasteiger partial charge in [-0.15, -0.1) is 0 Å². The number of fused-ring (bicyclic) bond motifs is 6. The zero-order valence-corrected chi connectivity index (χ0v) is 16.6. The molecule has 31 heavy (non-hydrogen) atoms. The summed E-state index contributed by atoms with van der Waals surface area (Å²) in [4.78, 5) is 44.4. The number of amides is 3. The molecule has 1 saturated heterocycles. The molecule has 1 unspecified atom stereocenters. The number of rotatable bonds is 3. The van der Waals surface area contributed by atoms with Gasteiger partial charge in [-0.2, -0.15) is 0 Å². The smallest absolute Gasteiger partial charge is 0.255 e. The van der Waals surface area contributed by atoms with E-state index < -0.39 is 0 Å². The number of benzene rings is 2. The second-order valence-corrected chi connectivity index (χ2v) is 8.39. The lowest BCUT2D eigenvalue weighted by Gasteiger charge is -2.17. The molecule has 4 atom stereocenters. The molecule has 2 fully saturated rings. The van der Waals surface area contributed by atoms with Crippen molar-refractivity contribution in [2.24, 2.45) is 23.7 Å². The summed E-state index contributed by atoms with van der Waals surface area (Å²) >= 11 is 0. The molecule has 2 bridgehead atoms. The zero-order chi connectivity index (χ0) is 21.1. The number of carbonyl (C=O) groups is 3. The van der Waals surface area contributed by atoms with Crippen molar-refractivity contribution in [3.8, 4) is 0 Å². The minimum absolute atomic E-state index is 0.120. The fourth-order valence-corrected chi connectivity index (χ4v) is 5.32. The summed E-state index contributed by atoms with van der Waals surface area (Å²) in [5.41, 5.74) is 2.32. The van der Waals surface area contributed by atoms with Crippen molar-refractivity contribution < 1.29 is 14.4 Å². The third-order valence-corrected chi connectivity index (χ3v) is 6.74. The first kappa shape index (κ1) is 18.0. The van der Waals surface area contributed by atoms with E-state index in [1.165, 1.54) is 4.90 Å². The van der Waals surface area contributed by atoms with E-state index in [1.54, 1.807) is 30.5 Å². The number of hydrogen-bond acceptors (Lipinski definition) is 4. The Hall–Kier alpha value is -3.80. The van der Waals surface area contributed by atoms with Gasteiger partial charge in [0, 0.05) is 17.1 Å². The van der Waals surface area contributed by atoms with Crippen molar-refractivity contribution in [3.05, 3.63) is 78.5 Å². The average molecular weight is 409 g/mol. The average Bonchev–Trinajstić information content (AvgIpc) is 3.48. The van der Waals surface area contributed by atoms with Crippen molar-refractivity contribution in [2.75, 3.05) is 10.2 Å². The molecule has 1 N–H and O–H groups in total. The standard InChI is InChI=1S/C25H19N3O3/c29-23(27-19-5-1-3-14-4-2-12-26-22(14)19)15-8-10-18(11-9-15)28-24(30)20-16-6-7-17(13-16)21(20)25(28)31/h1-12,16-17,20-21H,13H2,(H,27,29)/t16-,17?,20+,21-/m0/s1. The topological polar surface area (TPSA) is 79.4 Å². The first-order valence-corrected chi connectivity index (χ1v) is 10.4. The van der Waals surface area contributed by atoms with E-state index in [0.29, 0.717) is 16.9 Å². The van der Waals surface area contributed by atoms with Crippen molar-refractivity contribution in [1.29, 1.82) is 0 Å². The summed E-state index contributed by atoms with van der Waals surface area (Å²) in [5.74, 6) is -0.625. The van der Waals surface area contributed by atoms with Gasteiger partial charge in [-0.3, -0.25) is 24.3 Å². The lowest BCUT2D eigenvalue weighted by atomic mass is 9.85. The third-order valence-electron chi connectivity index (χ3n) is 6.74. The molecular formula is C25H19N3O3. The van der Waals surface area contributed by atoms with Crippen LogP contribution in [0.2, 0.25) is 0 Å². The molecule has 3 amide bonds. The highest BCUT2D eigenvalue weighted by molar-refractivity contribution is 6.23. The van der Waals surface area contributed by atoms with Gasteiger partial charge in [0.2, 0.25) is 11.8 Å². The lowest BCUT2D eigenvalue weighted by molar-refractivity contribution is -0.123. The van der Waals surface area contributed by atoms with Crippen molar-refractivity contribution in [2.45, 2.75) is 6.42 Å². The normalized spacial score (nSPS) is 26.0. The Morgan fingerprint density at radius 2 is 1.58 bits per heavy atom. The van der Waals surface area contributed by atoms with Gasteiger partial charge in [0.25, 0.3) is 5.91 Å². The molecule has 1 aromatic heterocycles. The Kier molecular flexibility index (Phi) is 3.84. The van der Waals surface area contributed by atoms with Crippen LogP contribution in [-0.2, 0) is 9.59 Å². The van der Waals surface area contributed by atoms with Crippen LogP contribution in [0.5, 0.6) is 0 Å². The molecule has 6 nitrogen and oxygen atoms in total. The van der Waals surface area contributed by atoms with Crippen molar-refractivity contribution in [1.82, 2.24) is 4.98 Å². The number of nitrogens with one attached hydrogen (secondary N) is 1. The van der Waals surface area contributed by atoms with Gasteiger partial charge in [-0.05, 0) is 54.7 Å². The van der Waals surface area contributed by atoms with Crippen LogP contribution >= 0.6 is 0 Å². The molecule has 0 spiro atoms. The van der Waals surface area contributed by atoms with E-state index in [2.05, 4.69) is 22.5 Å². The van der Waals surface area contributed by atoms with Gasteiger partial charge in [0.1, 0.15) is 0 Å². The SMILES string of the molecule is O=C(Nc1cccc2cccnc12)c1ccc(N2C(=O)[C@@H]3[C@H]4C=CC(C4)[C@@H]3C2=O)cc1. The predicted molar refractivity (Wildman–Crippen MR) is 116 cm³/mol. The Morgan fingerprint density at radius 1 is 0.903 bits per heavy atom. The third kappa shape index (κ3) is 2.64. The molecule has 1 saturated carbocycles. The van der Waals surface area contributed by atoms with Crippen molar-refractivity contribution in [3.63, 3.8) is 0 Å². The number of pyridine rings is 1. The molecule has 152 valence electrons. The summed E-state index contributed by atoms with van der Waals surface area (Å²) in [6, 6.07) is 16.0. The highest BCUT2D eigenvalue weighted by atomic mass is 16.2. The number of para-hydroxylation sites is 1. The Labute approximate surface area is 178 Å². The number of aromatic nitrogens is 1. The van der Waals surface area contributed by atoms with Crippen LogP contribution < -0.4 is 10.2 Å². The van der Waals surface area contributed by atoms with Gasteiger partial charge in [0.15, 0.2) is 0 Å². The summed E-state index contributed by atoms with van der Waals surface area (Å²) in [5, 5.41) is 3.84. The fourth-order valence-electron chi connectivity index (χ4n) is 5.32. The molecule has 6 rings (SSSR count). The van der Waals surface area contributed by atoms with Crippen LogP contribution in [0.4, 0.5) is 11.4 Å².